The minimum Gasteiger partial charge on any atom is -0.493 e. The van der Waals surface area contributed by atoms with Gasteiger partial charge in [0.1, 0.15) is 5.67 Å². The Hall–Kier alpha value is -1.29. The van der Waals surface area contributed by atoms with E-state index in [1.807, 2.05) is 6.07 Å². The highest BCUT2D eigenvalue weighted by molar-refractivity contribution is 5.52. The molecular formula is C17H26FNO2. The molecule has 2 N–H and O–H groups in total. The van der Waals surface area contributed by atoms with Crippen molar-refractivity contribution in [2.45, 2.75) is 50.6 Å². The molecule has 0 amide bonds. The highest BCUT2D eigenvalue weighted by Crippen LogP contribution is 2.47. The number of rotatable bonds is 5. The summed E-state index contributed by atoms with van der Waals surface area (Å²) in [5, 5.41) is 0. The van der Waals surface area contributed by atoms with Gasteiger partial charge in [0.2, 0.25) is 0 Å². The van der Waals surface area contributed by atoms with Crippen LogP contribution in [0, 0.1) is 0 Å². The summed E-state index contributed by atoms with van der Waals surface area (Å²) in [5.74, 6) is 1.20. The van der Waals surface area contributed by atoms with Crippen LogP contribution in [0.4, 0.5) is 4.39 Å². The molecule has 118 valence electrons. The predicted molar refractivity (Wildman–Crippen MR) is 82.9 cm³/mol. The molecule has 1 fully saturated rings. The lowest BCUT2D eigenvalue weighted by molar-refractivity contribution is 0.214. The first-order valence-electron chi connectivity index (χ1n) is 7.54. The summed E-state index contributed by atoms with van der Waals surface area (Å²) >= 11 is 0. The number of nitrogens with two attached hydrogens (primary N) is 1. The fourth-order valence-corrected chi connectivity index (χ4v) is 3.44. The molecule has 0 bridgehead atoms. The molecule has 1 aromatic carbocycles. The van der Waals surface area contributed by atoms with Gasteiger partial charge in [0.25, 0.3) is 0 Å². The van der Waals surface area contributed by atoms with E-state index in [1.54, 1.807) is 34.1 Å². The van der Waals surface area contributed by atoms with Gasteiger partial charge in [-0.2, -0.15) is 0 Å². The number of hydrogen-bond donors (Lipinski definition) is 1. The summed E-state index contributed by atoms with van der Waals surface area (Å²) in [6.45, 7) is 3.69. The van der Waals surface area contributed by atoms with Crippen LogP contribution in [0.2, 0.25) is 0 Å². The Labute approximate surface area is 126 Å². The summed E-state index contributed by atoms with van der Waals surface area (Å²) in [4.78, 5) is 0. The van der Waals surface area contributed by atoms with Crippen molar-refractivity contribution in [2.24, 2.45) is 5.73 Å². The highest BCUT2D eigenvalue weighted by Gasteiger charge is 2.39. The Bertz CT molecular complexity index is 502. The molecule has 21 heavy (non-hydrogen) atoms. The summed E-state index contributed by atoms with van der Waals surface area (Å²) in [6.07, 6.45) is 4.28. The van der Waals surface area contributed by atoms with Crippen LogP contribution >= 0.6 is 0 Å². The van der Waals surface area contributed by atoms with Gasteiger partial charge in [0.15, 0.2) is 11.5 Å². The van der Waals surface area contributed by atoms with Crippen LogP contribution in [-0.4, -0.2) is 20.8 Å². The average molecular weight is 295 g/mol. The molecule has 0 unspecified atom stereocenters. The zero-order chi connectivity index (χ0) is 15.7. The fourth-order valence-electron chi connectivity index (χ4n) is 3.44. The second-order valence-electron chi connectivity index (χ2n) is 6.42. The third-order valence-corrected chi connectivity index (χ3v) is 4.69. The number of hydrogen-bond acceptors (Lipinski definition) is 3. The van der Waals surface area contributed by atoms with Gasteiger partial charge in [-0.3, -0.25) is 0 Å². The van der Waals surface area contributed by atoms with Crippen molar-refractivity contribution >= 4 is 0 Å². The van der Waals surface area contributed by atoms with E-state index in [4.69, 9.17) is 15.2 Å². The average Bonchev–Trinajstić information content (AvgIpc) is 2.94. The van der Waals surface area contributed by atoms with Crippen LogP contribution in [-0.2, 0) is 11.1 Å². The molecule has 0 radical (unpaired) electrons. The zero-order valence-corrected chi connectivity index (χ0v) is 13.5. The second-order valence-corrected chi connectivity index (χ2v) is 6.42. The lowest BCUT2D eigenvalue weighted by Gasteiger charge is -2.33. The standard InChI is InChI=1S/C17H26FNO2/c1-16(2,18)12-9-14(20-3)15(21-4)10-13(12)17(11-19)7-5-6-8-17/h9-10H,5-8,11,19H2,1-4H3. The van der Waals surface area contributed by atoms with Crippen LogP contribution < -0.4 is 15.2 Å². The lowest BCUT2D eigenvalue weighted by Crippen LogP contribution is -2.34. The molecule has 1 aliphatic rings. The molecule has 2 rings (SSSR count). The first-order chi connectivity index (χ1) is 9.88. The first kappa shape index (κ1) is 16.1. The zero-order valence-electron chi connectivity index (χ0n) is 13.5. The van der Waals surface area contributed by atoms with Crippen LogP contribution in [0.5, 0.6) is 11.5 Å². The van der Waals surface area contributed by atoms with Gasteiger partial charge in [0, 0.05) is 12.0 Å². The van der Waals surface area contributed by atoms with Crippen LogP contribution in [0.1, 0.15) is 50.7 Å². The normalized spacial score (nSPS) is 17.8. The number of methoxy groups -OCH3 is 2. The number of alkyl halides is 1. The SMILES string of the molecule is COc1cc(C(C)(C)F)c(C2(CN)CCCC2)cc1OC. The Morgan fingerprint density at radius 1 is 1.14 bits per heavy atom. The molecular weight excluding hydrogens is 269 g/mol. The summed E-state index contributed by atoms with van der Waals surface area (Å²) < 4.78 is 25.5. The topological polar surface area (TPSA) is 44.5 Å². The predicted octanol–water partition coefficient (Wildman–Crippen LogP) is 3.68. The Kier molecular flexibility index (Phi) is 4.47. The molecule has 0 heterocycles. The van der Waals surface area contributed by atoms with Gasteiger partial charge in [-0.1, -0.05) is 12.8 Å². The molecule has 0 atom stereocenters. The number of ether oxygens (including phenoxy) is 2. The third-order valence-electron chi connectivity index (χ3n) is 4.69. The molecule has 1 saturated carbocycles. The monoisotopic (exact) mass is 295 g/mol. The summed E-state index contributed by atoms with van der Waals surface area (Å²) in [5.41, 5.74) is 6.13. The van der Waals surface area contributed by atoms with Crippen molar-refractivity contribution in [3.05, 3.63) is 23.3 Å². The van der Waals surface area contributed by atoms with Gasteiger partial charge in [-0.05, 0) is 49.9 Å². The smallest absolute Gasteiger partial charge is 0.161 e. The van der Waals surface area contributed by atoms with Gasteiger partial charge >= 0.3 is 0 Å². The minimum atomic E-state index is -1.44. The number of halogens is 1. The summed E-state index contributed by atoms with van der Waals surface area (Å²) in [7, 11) is 3.17. The number of benzene rings is 1. The van der Waals surface area contributed by atoms with Crippen molar-refractivity contribution in [2.75, 3.05) is 20.8 Å². The van der Waals surface area contributed by atoms with Crippen molar-refractivity contribution in [3.63, 3.8) is 0 Å². The maximum Gasteiger partial charge on any atom is 0.161 e. The quantitative estimate of drug-likeness (QED) is 0.901. The Morgan fingerprint density at radius 3 is 2.10 bits per heavy atom. The van der Waals surface area contributed by atoms with Crippen LogP contribution in [0.25, 0.3) is 0 Å². The molecule has 0 aliphatic heterocycles. The van der Waals surface area contributed by atoms with E-state index in [0.717, 1.165) is 31.2 Å². The third kappa shape index (κ3) is 2.86. The Morgan fingerprint density at radius 2 is 1.67 bits per heavy atom. The molecule has 1 aromatic rings. The van der Waals surface area contributed by atoms with Crippen molar-refractivity contribution in [1.82, 2.24) is 0 Å². The first-order valence-corrected chi connectivity index (χ1v) is 7.54. The molecule has 1 aliphatic carbocycles. The van der Waals surface area contributed by atoms with Crippen LogP contribution in [0.3, 0.4) is 0 Å². The van der Waals surface area contributed by atoms with E-state index < -0.39 is 5.67 Å². The van der Waals surface area contributed by atoms with E-state index in [1.165, 1.54) is 0 Å². The van der Waals surface area contributed by atoms with Gasteiger partial charge in [-0.15, -0.1) is 0 Å². The van der Waals surface area contributed by atoms with E-state index in [-0.39, 0.29) is 5.41 Å². The van der Waals surface area contributed by atoms with E-state index in [9.17, 15) is 4.39 Å². The second kappa shape index (κ2) is 5.84. The van der Waals surface area contributed by atoms with E-state index in [2.05, 4.69) is 0 Å². The molecule has 4 heteroatoms. The largest absolute Gasteiger partial charge is 0.493 e. The molecule has 0 aromatic heterocycles. The maximum absolute atomic E-state index is 14.8. The molecule has 3 nitrogen and oxygen atoms in total. The van der Waals surface area contributed by atoms with E-state index >= 15 is 0 Å². The molecule has 0 saturated heterocycles. The van der Waals surface area contributed by atoms with E-state index in [0.29, 0.717) is 23.6 Å². The maximum atomic E-state index is 14.8. The summed E-state index contributed by atoms with van der Waals surface area (Å²) in [6, 6.07) is 3.69. The van der Waals surface area contributed by atoms with Crippen LogP contribution in [0.15, 0.2) is 12.1 Å². The van der Waals surface area contributed by atoms with Gasteiger partial charge < -0.3 is 15.2 Å². The van der Waals surface area contributed by atoms with Gasteiger partial charge in [-0.25, -0.2) is 4.39 Å². The van der Waals surface area contributed by atoms with Crippen molar-refractivity contribution in [1.29, 1.82) is 0 Å². The van der Waals surface area contributed by atoms with Gasteiger partial charge in [0.05, 0.1) is 14.2 Å². The lowest BCUT2D eigenvalue weighted by atomic mass is 9.74. The van der Waals surface area contributed by atoms with Crippen molar-refractivity contribution in [3.8, 4) is 11.5 Å². The molecule has 0 spiro atoms. The van der Waals surface area contributed by atoms with Crippen molar-refractivity contribution < 1.29 is 13.9 Å². The Balaban J connectivity index is 2.67. The highest BCUT2D eigenvalue weighted by atomic mass is 19.1. The fraction of sp³-hybridized carbons (Fsp3) is 0.647. The minimum absolute atomic E-state index is 0.141.